The molecular weight excluding hydrogens is 254 g/mol. The molecule has 0 aliphatic heterocycles. The zero-order valence-corrected chi connectivity index (χ0v) is 11.1. The third-order valence-corrected chi connectivity index (χ3v) is 2.89. The first-order valence-electron chi connectivity index (χ1n) is 6.36. The van der Waals surface area contributed by atoms with Crippen molar-refractivity contribution in [1.29, 1.82) is 0 Å². The average molecular weight is 271 g/mol. The van der Waals surface area contributed by atoms with Crippen molar-refractivity contribution in [3.63, 3.8) is 0 Å². The van der Waals surface area contributed by atoms with Crippen LogP contribution in [0.3, 0.4) is 0 Å². The molecule has 0 atom stereocenters. The fourth-order valence-corrected chi connectivity index (χ4v) is 1.85. The average Bonchev–Trinajstić information content (AvgIpc) is 2.45. The molecule has 20 heavy (non-hydrogen) atoms. The number of primary amides is 1. The van der Waals surface area contributed by atoms with Gasteiger partial charge < -0.3 is 15.6 Å². The minimum atomic E-state index is -0.359. The van der Waals surface area contributed by atoms with Crippen LogP contribution in [-0.4, -0.2) is 11.0 Å². The first kappa shape index (κ1) is 14.1. The van der Waals surface area contributed by atoms with Crippen LogP contribution in [0.4, 0.5) is 0 Å². The summed E-state index contributed by atoms with van der Waals surface area (Å²) in [5, 5.41) is 8.97. The Bertz CT molecular complexity index is 579. The van der Waals surface area contributed by atoms with Gasteiger partial charge >= 0.3 is 0 Å². The lowest BCUT2D eigenvalue weighted by molar-refractivity contribution is -0.117. The fraction of sp³-hybridized carbons (Fsp3) is 0.188. The van der Waals surface area contributed by atoms with Crippen molar-refractivity contribution in [3.8, 4) is 5.75 Å². The van der Waals surface area contributed by atoms with Gasteiger partial charge in [-0.15, -0.1) is 0 Å². The molecule has 104 valence electrons. The van der Waals surface area contributed by atoms with Gasteiger partial charge in [0.05, 0.1) is 13.0 Å². The van der Waals surface area contributed by atoms with E-state index in [-0.39, 0.29) is 18.9 Å². The Balaban J connectivity index is 1.97. The first-order chi connectivity index (χ1) is 9.67. The number of nitrogens with two attached hydrogens (primary N) is 1. The topological polar surface area (TPSA) is 72.6 Å². The number of carbonyl (C=O) groups excluding carboxylic acids is 1. The molecule has 4 heteroatoms. The minimum absolute atomic E-state index is 0.0380. The highest BCUT2D eigenvalue weighted by Gasteiger charge is 2.01. The molecule has 2 rings (SSSR count). The largest absolute Gasteiger partial charge is 0.489 e. The van der Waals surface area contributed by atoms with Gasteiger partial charge in [-0.25, -0.2) is 0 Å². The van der Waals surface area contributed by atoms with Crippen LogP contribution in [0.25, 0.3) is 0 Å². The summed E-state index contributed by atoms with van der Waals surface area (Å²) in [5.74, 6) is 0.344. The highest BCUT2D eigenvalue weighted by atomic mass is 16.5. The molecule has 4 nitrogen and oxygen atoms in total. The van der Waals surface area contributed by atoms with Crippen molar-refractivity contribution >= 4 is 5.91 Å². The van der Waals surface area contributed by atoms with Crippen LogP contribution in [0.1, 0.15) is 16.7 Å². The van der Waals surface area contributed by atoms with E-state index in [9.17, 15) is 4.79 Å². The lowest BCUT2D eigenvalue weighted by atomic mass is 10.1. The van der Waals surface area contributed by atoms with Crippen molar-refractivity contribution < 1.29 is 14.6 Å². The van der Waals surface area contributed by atoms with Crippen molar-refractivity contribution in [3.05, 3.63) is 65.2 Å². The van der Waals surface area contributed by atoms with E-state index in [0.29, 0.717) is 12.4 Å². The van der Waals surface area contributed by atoms with Crippen molar-refractivity contribution in [2.75, 3.05) is 0 Å². The van der Waals surface area contributed by atoms with Gasteiger partial charge in [0.1, 0.15) is 12.4 Å². The number of ether oxygens (including phenoxy) is 1. The molecule has 0 aromatic heterocycles. The molecule has 0 saturated heterocycles. The molecule has 0 aliphatic carbocycles. The van der Waals surface area contributed by atoms with Gasteiger partial charge in [0.2, 0.25) is 5.91 Å². The van der Waals surface area contributed by atoms with Crippen molar-refractivity contribution in [2.24, 2.45) is 5.73 Å². The predicted molar refractivity (Wildman–Crippen MR) is 76.0 cm³/mol. The van der Waals surface area contributed by atoms with E-state index >= 15 is 0 Å². The Hall–Kier alpha value is -2.33. The Morgan fingerprint density at radius 1 is 1.05 bits per heavy atom. The fourth-order valence-electron chi connectivity index (χ4n) is 1.85. The van der Waals surface area contributed by atoms with Gasteiger partial charge in [0.15, 0.2) is 0 Å². The Kier molecular flexibility index (Phi) is 4.74. The van der Waals surface area contributed by atoms with Gasteiger partial charge in [-0.2, -0.15) is 0 Å². The second kappa shape index (κ2) is 6.73. The monoisotopic (exact) mass is 271 g/mol. The molecule has 1 amide bonds. The predicted octanol–water partition coefficient (Wildman–Crippen LogP) is 1.79. The molecule has 0 radical (unpaired) electrons. The molecule has 0 saturated carbocycles. The Labute approximate surface area is 117 Å². The van der Waals surface area contributed by atoms with E-state index in [1.165, 1.54) is 0 Å². The second-order valence-corrected chi connectivity index (χ2v) is 4.55. The standard InChI is InChI=1S/C16H17NO3/c17-16(19)9-14-2-1-3-15(8-14)20-11-13-6-4-12(10-18)5-7-13/h1-8,18H,9-11H2,(H2,17,19). The number of aliphatic hydroxyl groups excluding tert-OH is 1. The van der Waals surface area contributed by atoms with E-state index in [1.54, 1.807) is 0 Å². The number of benzene rings is 2. The normalized spacial score (nSPS) is 10.2. The van der Waals surface area contributed by atoms with Gasteiger partial charge in [0.25, 0.3) is 0 Å². The van der Waals surface area contributed by atoms with Gasteiger partial charge in [-0.05, 0) is 28.8 Å². The van der Waals surface area contributed by atoms with Gasteiger partial charge in [0, 0.05) is 0 Å². The van der Waals surface area contributed by atoms with E-state index in [4.69, 9.17) is 15.6 Å². The zero-order valence-electron chi connectivity index (χ0n) is 11.1. The number of hydrogen-bond acceptors (Lipinski definition) is 3. The summed E-state index contributed by atoms with van der Waals surface area (Å²) in [4.78, 5) is 10.9. The molecule has 0 fully saturated rings. The van der Waals surface area contributed by atoms with Crippen LogP contribution in [0.2, 0.25) is 0 Å². The lowest BCUT2D eigenvalue weighted by Gasteiger charge is -2.08. The van der Waals surface area contributed by atoms with E-state index in [2.05, 4.69) is 0 Å². The maximum absolute atomic E-state index is 10.9. The Morgan fingerprint density at radius 3 is 2.40 bits per heavy atom. The van der Waals surface area contributed by atoms with Crippen LogP contribution in [0, 0.1) is 0 Å². The van der Waals surface area contributed by atoms with Crippen LogP contribution >= 0.6 is 0 Å². The maximum Gasteiger partial charge on any atom is 0.221 e. The van der Waals surface area contributed by atoms with Crippen molar-refractivity contribution in [1.82, 2.24) is 0 Å². The molecule has 0 unspecified atom stereocenters. The smallest absolute Gasteiger partial charge is 0.221 e. The maximum atomic E-state index is 10.9. The summed E-state index contributed by atoms with van der Waals surface area (Å²) >= 11 is 0. The first-order valence-corrected chi connectivity index (χ1v) is 6.36. The third-order valence-electron chi connectivity index (χ3n) is 2.89. The van der Waals surface area contributed by atoms with E-state index in [0.717, 1.165) is 16.7 Å². The SMILES string of the molecule is NC(=O)Cc1cccc(OCc2ccc(CO)cc2)c1. The van der Waals surface area contributed by atoms with Crippen LogP contribution < -0.4 is 10.5 Å². The van der Waals surface area contributed by atoms with Crippen LogP contribution in [0.5, 0.6) is 5.75 Å². The van der Waals surface area contributed by atoms with Crippen LogP contribution in [0.15, 0.2) is 48.5 Å². The summed E-state index contributed by atoms with van der Waals surface area (Å²) in [5.41, 5.74) is 7.89. The molecule has 0 spiro atoms. The molecule has 2 aromatic carbocycles. The van der Waals surface area contributed by atoms with E-state index < -0.39 is 0 Å². The molecular formula is C16H17NO3. The molecule has 2 aromatic rings. The van der Waals surface area contributed by atoms with Crippen LogP contribution in [-0.2, 0) is 24.4 Å². The highest BCUT2D eigenvalue weighted by Crippen LogP contribution is 2.16. The van der Waals surface area contributed by atoms with Gasteiger partial charge in [-0.1, -0.05) is 36.4 Å². The Morgan fingerprint density at radius 2 is 1.75 bits per heavy atom. The zero-order chi connectivity index (χ0) is 14.4. The molecule has 3 N–H and O–H groups in total. The minimum Gasteiger partial charge on any atom is -0.489 e. The number of carbonyl (C=O) groups is 1. The third kappa shape index (κ3) is 4.10. The number of amides is 1. The summed E-state index contributed by atoms with van der Waals surface area (Å²) < 4.78 is 5.67. The second-order valence-electron chi connectivity index (χ2n) is 4.55. The quantitative estimate of drug-likeness (QED) is 0.841. The lowest BCUT2D eigenvalue weighted by Crippen LogP contribution is -2.13. The van der Waals surface area contributed by atoms with E-state index in [1.807, 2.05) is 48.5 Å². The summed E-state index contributed by atoms with van der Waals surface area (Å²) in [6.07, 6.45) is 0.211. The summed E-state index contributed by atoms with van der Waals surface area (Å²) in [6, 6.07) is 14.9. The summed E-state index contributed by atoms with van der Waals surface area (Å²) in [7, 11) is 0. The molecule has 0 aliphatic rings. The molecule has 0 heterocycles. The summed E-state index contributed by atoms with van der Waals surface area (Å²) in [6.45, 7) is 0.474. The van der Waals surface area contributed by atoms with Crippen molar-refractivity contribution in [2.45, 2.75) is 19.6 Å². The highest BCUT2D eigenvalue weighted by molar-refractivity contribution is 5.76. The molecule has 0 bridgehead atoms. The van der Waals surface area contributed by atoms with Gasteiger partial charge in [-0.3, -0.25) is 4.79 Å². The number of rotatable bonds is 6. The number of hydrogen-bond donors (Lipinski definition) is 2. The number of aliphatic hydroxyl groups is 1.